The summed E-state index contributed by atoms with van der Waals surface area (Å²) in [6, 6.07) is -0.763. The van der Waals surface area contributed by atoms with Crippen LogP contribution >= 0.6 is 7.82 Å². The number of amides is 1. The van der Waals surface area contributed by atoms with E-state index in [1.165, 1.54) is 135 Å². The largest absolute Gasteiger partial charge is 0.472 e. The van der Waals surface area contributed by atoms with E-state index in [1.807, 2.05) is 21.1 Å². The van der Waals surface area contributed by atoms with Crippen molar-refractivity contribution in [3.63, 3.8) is 0 Å². The molecule has 9 heteroatoms. The lowest BCUT2D eigenvalue weighted by Gasteiger charge is -2.26. The summed E-state index contributed by atoms with van der Waals surface area (Å²) in [6.45, 7) is 4.88. The van der Waals surface area contributed by atoms with Gasteiger partial charge in [0.25, 0.3) is 0 Å². The Labute approximate surface area is 329 Å². The van der Waals surface area contributed by atoms with Crippen molar-refractivity contribution < 1.29 is 32.9 Å². The number of carbonyl (C=O) groups is 1. The third kappa shape index (κ3) is 39.3. The number of quaternary nitrogens is 1. The average Bonchev–Trinajstić information content (AvgIpc) is 3.10. The van der Waals surface area contributed by atoms with Gasteiger partial charge in [0.05, 0.1) is 39.9 Å². The van der Waals surface area contributed by atoms with Crippen molar-refractivity contribution >= 4 is 13.7 Å². The van der Waals surface area contributed by atoms with Crippen molar-refractivity contribution in [3.05, 3.63) is 12.2 Å². The molecule has 0 heterocycles. The molecule has 8 nitrogen and oxygen atoms in total. The summed E-state index contributed by atoms with van der Waals surface area (Å²) < 4.78 is 23.6. The first-order valence-electron chi connectivity index (χ1n) is 22.6. The molecule has 0 saturated carbocycles. The summed E-state index contributed by atoms with van der Waals surface area (Å²) >= 11 is 0. The lowest BCUT2D eigenvalue weighted by Crippen LogP contribution is -2.46. The fourth-order valence-electron chi connectivity index (χ4n) is 6.63. The van der Waals surface area contributed by atoms with Crippen LogP contribution in [-0.2, 0) is 18.4 Å². The first kappa shape index (κ1) is 52.2. The molecule has 3 unspecified atom stereocenters. The molecule has 0 saturated heterocycles. The van der Waals surface area contributed by atoms with E-state index in [2.05, 4.69) is 31.3 Å². The van der Waals surface area contributed by atoms with E-state index in [9.17, 15) is 19.4 Å². The number of hydrogen-bond acceptors (Lipinski definition) is 5. The molecule has 0 fully saturated rings. The minimum absolute atomic E-state index is 0.0738. The quantitative estimate of drug-likeness (QED) is 0.0247. The van der Waals surface area contributed by atoms with Crippen LogP contribution in [0.5, 0.6) is 0 Å². The van der Waals surface area contributed by atoms with Gasteiger partial charge in [0.2, 0.25) is 5.91 Å². The SMILES string of the molecule is CCCCCCCC/C=C\CCCCCC(=O)NC(COP(=O)(O)OCC[N+](C)(C)C)C(O)CCCCCCCCCCCCCCCCCCCC. The Kier molecular flexibility index (Phi) is 36.3. The standard InChI is InChI=1S/C44H89N2O6P/c1-6-8-10-12-14-16-18-20-21-22-23-24-26-27-29-31-33-35-37-43(47)42(41-52-53(49,50)51-40-39-46(3,4)5)45-44(48)38-36-34-32-30-28-25-19-17-15-13-11-9-7-2/h25,28,42-43,47H,6-24,26-27,29-41H2,1-5H3,(H-,45,48,49,50)/p+1/b28-25-. The van der Waals surface area contributed by atoms with Crippen LogP contribution in [0.4, 0.5) is 0 Å². The normalized spacial score (nSPS) is 14.5. The molecule has 0 aromatic rings. The van der Waals surface area contributed by atoms with Gasteiger partial charge in [0.1, 0.15) is 13.2 Å². The number of unbranched alkanes of at least 4 members (excludes halogenated alkanes) is 26. The zero-order valence-corrected chi connectivity index (χ0v) is 36.7. The Hall–Kier alpha value is -0.760. The number of phosphoric ester groups is 1. The lowest BCUT2D eigenvalue weighted by atomic mass is 10.0. The molecule has 0 aliphatic carbocycles. The number of allylic oxidation sites excluding steroid dienone is 2. The van der Waals surface area contributed by atoms with Crippen LogP contribution in [0.3, 0.4) is 0 Å². The van der Waals surface area contributed by atoms with Crippen LogP contribution in [0.15, 0.2) is 12.2 Å². The van der Waals surface area contributed by atoms with Gasteiger partial charge in [-0.3, -0.25) is 13.8 Å². The van der Waals surface area contributed by atoms with Crippen molar-refractivity contribution in [1.29, 1.82) is 0 Å². The van der Waals surface area contributed by atoms with Crippen LogP contribution in [0, 0.1) is 0 Å². The Balaban J connectivity index is 4.35. The Morgan fingerprint density at radius 1 is 0.623 bits per heavy atom. The van der Waals surface area contributed by atoms with Crippen LogP contribution < -0.4 is 5.32 Å². The predicted octanol–water partition coefficient (Wildman–Crippen LogP) is 12.4. The minimum atomic E-state index is -4.31. The first-order valence-corrected chi connectivity index (χ1v) is 24.0. The fraction of sp³-hybridized carbons (Fsp3) is 0.932. The number of likely N-dealkylation sites (N-methyl/N-ethyl adjacent to an activating group) is 1. The molecule has 3 atom stereocenters. The molecule has 0 aromatic carbocycles. The molecule has 0 bridgehead atoms. The zero-order chi connectivity index (χ0) is 39.3. The number of aliphatic hydroxyl groups is 1. The Bertz CT molecular complexity index is 880. The van der Waals surface area contributed by atoms with Crippen molar-refractivity contribution in [2.45, 2.75) is 225 Å². The van der Waals surface area contributed by atoms with Crippen LogP contribution in [-0.4, -0.2) is 73.4 Å². The number of carbonyl (C=O) groups excluding carboxylic acids is 1. The number of hydrogen-bond donors (Lipinski definition) is 3. The third-order valence-electron chi connectivity index (χ3n) is 10.3. The number of nitrogens with one attached hydrogen (secondary N) is 1. The Morgan fingerprint density at radius 2 is 1.02 bits per heavy atom. The van der Waals surface area contributed by atoms with Gasteiger partial charge in [-0.1, -0.05) is 180 Å². The minimum Gasteiger partial charge on any atom is -0.391 e. The summed E-state index contributed by atoms with van der Waals surface area (Å²) in [6.07, 6.45) is 40.9. The molecule has 0 spiro atoms. The fourth-order valence-corrected chi connectivity index (χ4v) is 7.36. The van der Waals surface area contributed by atoms with E-state index >= 15 is 0 Å². The van der Waals surface area contributed by atoms with E-state index in [0.717, 1.165) is 51.4 Å². The van der Waals surface area contributed by atoms with Gasteiger partial charge >= 0.3 is 7.82 Å². The molecule has 0 radical (unpaired) electrons. The predicted molar refractivity (Wildman–Crippen MR) is 226 cm³/mol. The van der Waals surface area contributed by atoms with Gasteiger partial charge in [-0.25, -0.2) is 4.57 Å². The second-order valence-electron chi connectivity index (χ2n) is 16.8. The second-order valence-corrected chi connectivity index (χ2v) is 18.2. The molecule has 0 rings (SSSR count). The maximum Gasteiger partial charge on any atom is 0.472 e. The highest BCUT2D eigenvalue weighted by Gasteiger charge is 2.28. The smallest absolute Gasteiger partial charge is 0.391 e. The highest BCUT2D eigenvalue weighted by molar-refractivity contribution is 7.47. The molecule has 0 aliphatic rings. The van der Waals surface area contributed by atoms with E-state index in [1.54, 1.807) is 0 Å². The molecule has 316 valence electrons. The van der Waals surface area contributed by atoms with E-state index < -0.39 is 20.0 Å². The molecule has 0 aromatic heterocycles. The maximum atomic E-state index is 12.9. The van der Waals surface area contributed by atoms with E-state index in [0.29, 0.717) is 23.9 Å². The molecule has 53 heavy (non-hydrogen) atoms. The first-order chi connectivity index (χ1) is 25.5. The number of nitrogens with zero attached hydrogens (tertiary/aromatic N) is 1. The van der Waals surface area contributed by atoms with Gasteiger partial charge in [-0.15, -0.1) is 0 Å². The summed E-state index contributed by atoms with van der Waals surface area (Å²) in [7, 11) is 1.61. The Morgan fingerprint density at radius 3 is 1.45 bits per heavy atom. The number of aliphatic hydroxyl groups excluding tert-OH is 1. The molecular weight excluding hydrogens is 683 g/mol. The molecule has 0 aliphatic heterocycles. The monoisotopic (exact) mass is 774 g/mol. The summed E-state index contributed by atoms with van der Waals surface area (Å²) in [4.78, 5) is 23.1. The topological polar surface area (TPSA) is 105 Å². The molecule has 1 amide bonds. The summed E-state index contributed by atoms with van der Waals surface area (Å²) in [5.74, 6) is -0.159. The van der Waals surface area contributed by atoms with Crippen LogP contribution in [0.25, 0.3) is 0 Å². The average molecular weight is 774 g/mol. The maximum absolute atomic E-state index is 12.9. The van der Waals surface area contributed by atoms with Crippen molar-refractivity contribution in [2.75, 3.05) is 40.9 Å². The van der Waals surface area contributed by atoms with Gasteiger partial charge in [0.15, 0.2) is 0 Å². The van der Waals surface area contributed by atoms with Crippen molar-refractivity contribution in [2.24, 2.45) is 0 Å². The summed E-state index contributed by atoms with van der Waals surface area (Å²) in [5.41, 5.74) is 0. The van der Waals surface area contributed by atoms with Gasteiger partial charge in [-0.05, 0) is 38.5 Å². The number of rotatable bonds is 41. The van der Waals surface area contributed by atoms with Crippen molar-refractivity contribution in [1.82, 2.24) is 5.32 Å². The van der Waals surface area contributed by atoms with Crippen molar-refractivity contribution in [3.8, 4) is 0 Å². The second kappa shape index (κ2) is 36.9. The van der Waals surface area contributed by atoms with Gasteiger partial charge in [-0.2, -0.15) is 0 Å². The molecular formula is C44H90N2O6P+. The highest BCUT2D eigenvalue weighted by atomic mass is 31.2. The zero-order valence-electron chi connectivity index (χ0n) is 35.8. The van der Waals surface area contributed by atoms with Gasteiger partial charge < -0.3 is 19.8 Å². The van der Waals surface area contributed by atoms with Crippen LogP contribution in [0.2, 0.25) is 0 Å². The highest BCUT2D eigenvalue weighted by Crippen LogP contribution is 2.43. The third-order valence-corrected chi connectivity index (χ3v) is 11.2. The van der Waals surface area contributed by atoms with Gasteiger partial charge in [0, 0.05) is 6.42 Å². The van der Waals surface area contributed by atoms with E-state index in [-0.39, 0.29) is 19.1 Å². The van der Waals surface area contributed by atoms with E-state index in [4.69, 9.17) is 9.05 Å². The molecule has 3 N–H and O–H groups in total. The summed E-state index contributed by atoms with van der Waals surface area (Å²) in [5, 5.41) is 13.9. The van der Waals surface area contributed by atoms with Crippen LogP contribution in [0.1, 0.15) is 213 Å². The lowest BCUT2D eigenvalue weighted by molar-refractivity contribution is -0.870. The number of phosphoric acid groups is 1.